The van der Waals surface area contributed by atoms with E-state index in [1.165, 1.54) is 12.5 Å². The van der Waals surface area contributed by atoms with E-state index in [4.69, 9.17) is 5.11 Å². The van der Waals surface area contributed by atoms with Gasteiger partial charge in [-0.05, 0) is 0 Å². The molecule has 0 saturated carbocycles. The van der Waals surface area contributed by atoms with Crippen LogP contribution < -0.4 is 5.32 Å². The Hall–Kier alpha value is -2.38. The van der Waals surface area contributed by atoms with Crippen LogP contribution in [0.15, 0.2) is 23.6 Å². The third kappa shape index (κ3) is 4.64. The Labute approximate surface area is 103 Å². The van der Waals surface area contributed by atoms with Gasteiger partial charge in [-0.2, -0.15) is 4.98 Å². The number of nitrogens with one attached hydrogen (secondary N) is 1. The first kappa shape index (κ1) is 13.7. The topological polar surface area (TPSA) is 109 Å². The minimum absolute atomic E-state index is 0.167. The minimum atomic E-state index is -1.08. The maximum Gasteiger partial charge on any atom is 0.323 e. The van der Waals surface area contributed by atoms with E-state index in [1.54, 1.807) is 0 Å². The van der Waals surface area contributed by atoms with E-state index in [-0.39, 0.29) is 13.1 Å². The normalized spacial score (nSPS) is 9.78. The molecular formula is C10H14N4O4. The highest BCUT2D eigenvalue weighted by molar-refractivity contribution is 5.80. The van der Waals surface area contributed by atoms with Crippen molar-refractivity contribution in [3.63, 3.8) is 0 Å². The SMILES string of the molecule is C=CCN(CC(=O)O)C(=O)NCCc1ncon1. The molecule has 0 spiro atoms. The molecule has 0 aliphatic rings. The summed E-state index contributed by atoms with van der Waals surface area (Å²) in [4.78, 5) is 27.1. The van der Waals surface area contributed by atoms with Crippen LogP contribution in [-0.2, 0) is 11.2 Å². The van der Waals surface area contributed by atoms with Gasteiger partial charge in [-0.15, -0.1) is 6.58 Å². The number of carbonyl (C=O) groups excluding carboxylic acids is 1. The highest BCUT2D eigenvalue weighted by Gasteiger charge is 2.14. The van der Waals surface area contributed by atoms with Gasteiger partial charge >= 0.3 is 12.0 Å². The van der Waals surface area contributed by atoms with E-state index in [9.17, 15) is 9.59 Å². The predicted molar refractivity (Wildman–Crippen MR) is 60.8 cm³/mol. The number of hydrogen-bond donors (Lipinski definition) is 2. The zero-order valence-electron chi connectivity index (χ0n) is 9.70. The minimum Gasteiger partial charge on any atom is -0.480 e. The summed E-state index contributed by atoms with van der Waals surface area (Å²) in [6.45, 7) is 3.55. The summed E-state index contributed by atoms with van der Waals surface area (Å²) in [5.74, 6) is -0.603. The van der Waals surface area contributed by atoms with Gasteiger partial charge in [0.15, 0.2) is 5.82 Å². The molecule has 0 aliphatic heterocycles. The third-order valence-electron chi connectivity index (χ3n) is 1.99. The molecule has 0 saturated heterocycles. The first-order valence-electron chi connectivity index (χ1n) is 5.24. The molecule has 0 bridgehead atoms. The lowest BCUT2D eigenvalue weighted by molar-refractivity contribution is -0.137. The molecule has 0 fully saturated rings. The fourth-order valence-corrected chi connectivity index (χ4v) is 1.23. The number of urea groups is 1. The first-order valence-corrected chi connectivity index (χ1v) is 5.24. The largest absolute Gasteiger partial charge is 0.480 e. The smallest absolute Gasteiger partial charge is 0.323 e. The molecule has 1 aromatic heterocycles. The van der Waals surface area contributed by atoms with Crippen LogP contribution >= 0.6 is 0 Å². The average molecular weight is 254 g/mol. The predicted octanol–water partition coefficient (Wildman–Crippen LogP) is -0.106. The first-order chi connectivity index (χ1) is 8.63. The second-order valence-corrected chi connectivity index (χ2v) is 3.39. The number of aliphatic carboxylic acids is 1. The van der Waals surface area contributed by atoms with E-state index in [0.29, 0.717) is 18.8 Å². The summed E-state index contributed by atoms with van der Waals surface area (Å²) < 4.78 is 4.54. The van der Waals surface area contributed by atoms with Crippen LogP contribution in [0.1, 0.15) is 5.82 Å². The van der Waals surface area contributed by atoms with Crippen molar-refractivity contribution >= 4 is 12.0 Å². The summed E-state index contributed by atoms with van der Waals surface area (Å²) in [6.07, 6.45) is 3.07. The lowest BCUT2D eigenvalue weighted by atomic mass is 10.4. The Balaban J connectivity index is 2.36. The molecule has 2 amide bonds. The zero-order valence-corrected chi connectivity index (χ0v) is 9.70. The summed E-state index contributed by atoms with van der Waals surface area (Å²) in [7, 11) is 0. The van der Waals surface area contributed by atoms with Crippen molar-refractivity contribution in [1.29, 1.82) is 0 Å². The number of hydrogen-bond acceptors (Lipinski definition) is 5. The van der Waals surface area contributed by atoms with Crippen LogP contribution in [0.4, 0.5) is 4.79 Å². The Morgan fingerprint density at radius 2 is 2.39 bits per heavy atom. The summed E-state index contributed by atoms with van der Waals surface area (Å²) >= 11 is 0. The van der Waals surface area contributed by atoms with Gasteiger partial charge in [-0.1, -0.05) is 11.2 Å². The number of aromatic nitrogens is 2. The molecule has 8 nitrogen and oxygen atoms in total. The van der Waals surface area contributed by atoms with E-state index in [0.717, 1.165) is 4.90 Å². The van der Waals surface area contributed by atoms with Gasteiger partial charge < -0.3 is 19.8 Å². The Bertz CT molecular complexity index is 404. The maximum atomic E-state index is 11.6. The van der Waals surface area contributed by atoms with Gasteiger partial charge in [0.2, 0.25) is 6.39 Å². The Morgan fingerprint density at radius 3 is 2.94 bits per heavy atom. The van der Waals surface area contributed by atoms with Crippen molar-refractivity contribution in [2.24, 2.45) is 0 Å². The molecule has 0 aromatic carbocycles. The molecule has 0 aliphatic carbocycles. The lowest BCUT2D eigenvalue weighted by Gasteiger charge is -2.19. The molecule has 1 rings (SSSR count). The molecular weight excluding hydrogens is 240 g/mol. The van der Waals surface area contributed by atoms with Gasteiger partial charge in [0, 0.05) is 19.5 Å². The highest BCUT2D eigenvalue weighted by Crippen LogP contribution is 1.92. The number of carboxylic acids is 1. The molecule has 1 aromatic rings. The molecule has 1 heterocycles. The van der Waals surface area contributed by atoms with Crippen molar-refractivity contribution in [1.82, 2.24) is 20.4 Å². The molecule has 18 heavy (non-hydrogen) atoms. The number of rotatable bonds is 7. The van der Waals surface area contributed by atoms with E-state index < -0.39 is 12.0 Å². The molecule has 2 N–H and O–H groups in total. The van der Waals surface area contributed by atoms with Crippen LogP contribution in [0, 0.1) is 0 Å². The molecule has 0 unspecified atom stereocenters. The quantitative estimate of drug-likeness (QED) is 0.657. The van der Waals surface area contributed by atoms with Crippen LogP contribution in [-0.4, -0.2) is 51.8 Å². The fraction of sp³-hybridized carbons (Fsp3) is 0.400. The Kier molecular flexibility index (Phi) is 5.36. The number of carboxylic acid groups (broad SMARTS) is 1. The second kappa shape index (κ2) is 7.05. The molecule has 8 heteroatoms. The van der Waals surface area contributed by atoms with E-state index >= 15 is 0 Å². The average Bonchev–Trinajstić information content (AvgIpc) is 2.81. The summed E-state index contributed by atoms with van der Waals surface area (Å²) in [5.41, 5.74) is 0. The van der Waals surface area contributed by atoms with E-state index in [2.05, 4.69) is 26.6 Å². The van der Waals surface area contributed by atoms with Crippen molar-refractivity contribution in [2.75, 3.05) is 19.6 Å². The van der Waals surface area contributed by atoms with Gasteiger partial charge in [0.05, 0.1) is 0 Å². The fourth-order valence-electron chi connectivity index (χ4n) is 1.23. The maximum absolute atomic E-state index is 11.6. The summed E-state index contributed by atoms with van der Waals surface area (Å²) in [5, 5.41) is 14.8. The van der Waals surface area contributed by atoms with Crippen LogP contribution in [0.5, 0.6) is 0 Å². The lowest BCUT2D eigenvalue weighted by Crippen LogP contribution is -2.43. The number of nitrogens with zero attached hydrogens (tertiary/aromatic N) is 3. The van der Waals surface area contributed by atoms with Gasteiger partial charge in [0.25, 0.3) is 0 Å². The van der Waals surface area contributed by atoms with E-state index in [1.807, 2.05) is 0 Å². The van der Waals surface area contributed by atoms with Crippen LogP contribution in [0.3, 0.4) is 0 Å². The standard InChI is InChI=1S/C10H14N4O4/c1-2-5-14(6-9(15)16)10(17)11-4-3-8-12-7-18-13-8/h2,7H,1,3-6H2,(H,11,17)(H,15,16). The number of amides is 2. The second-order valence-electron chi connectivity index (χ2n) is 3.39. The zero-order chi connectivity index (χ0) is 13.4. The number of carbonyl (C=O) groups is 2. The van der Waals surface area contributed by atoms with Gasteiger partial charge in [-0.25, -0.2) is 4.79 Å². The summed E-state index contributed by atoms with van der Waals surface area (Å²) in [6, 6.07) is -0.471. The van der Waals surface area contributed by atoms with Crippen LogP contribution in [0.25, 0.3) is 0 Å². The molecule has 0 atom stereocenters. The van der Waals surface area contributed by atoms with Crippen molar-refractivity contribution < 1.29 is 19.2 Å². The van der Waals surface area contributed by atoms with Crippen molar-refractivity contribution in [3.8, 4) is 0 Å². The van der Waals surface area contributed by atoms with Gasteiger partial charge in [-0.3, -0.25) is 4.79 Å². The highest BCUT2D eigenvalue weighted by atomic mass is 16.5. The molecule has 98 valence electrons. The molecule has 0 radical (unpaired) electrons. The third-order valence-corrected chi connectivity index (χ3v) is 1.99. The monoisotopic (exact) mass is 254 g/mol. The van der Waals surface area contributed by atoms with Crippen molar-refractivity contribution in [3.05, 3.63) is 24.9 Å². The van der Waals surface area contributed by atoms with Gasteiger partial charge in [0.1, 0.15) is 6.54 Å². The Morgan fingerprint density at radius 1 is 1.61 bits per heavy atom. The van der Waals surface area contributed by atoms with Crippen LogP contribution in [0.2, 0.25) is 0 Å². The van der Waals surface area contributed by atoms with Crippen molar-refractivity contribution in [2.45, 2.75) is 6.42 Å².